The van der Waals surface area contributed by atoms with Crippen LogP contribution in [0, 0.1) is 10.1 Å². The van der Waals surface area contributed by atoms with E-state index in [1.165, 1.54) is 25.3 Å². The minimum Gasteiger partial charge on any atom is -0.465 e. The average Bonchev–Trinajstić information content (AvgIpc) is 3.04. The SMILES string of the molecule is COC(=O)c1ccc(C(=O)NC(C)c2ccc([N+](=O)[O-])cc2)s1. The molecule has 0 aliphatic carbocycles. The molecule has 0 spiro atoms. The highest BCUT2D eigenvalue weighted by Gasteiger charge is 2.17. The molecule has 0 saturated heterocycles. The summed E-state index contributed by atoms with van der Waals surface area (Å²) in [7, 11) is 1.28. The Morgan fingerprint density at radius 2 is 1.78 bits per heavy atom. The van der Waals surface area contributed by atoms with Crippen molar-refractivity contribution >= 4 is 28.9 Å². The summed E-state index contributed by atoms with van der Waals surface area (Å²) >= 11 is 1.04. The van der Waals surface area contributed by atoms with Gasteiger partial charge in [0.2, 0.25) is 0 Å². The third-order valence-corrected chi connectivity index (χ3v) is 4.23. The summed E-state index contributed by atoms with van der Waals surface area (Å²) < 4.78 is 4.59. The topological polar surface area (TPSA) is 98.5 Å². The van der Waals surface area contributed by atoms with Crippen molar-refractivity contribution in [1.82, 2.24) is 5.32 Å². The summed E-state index contributed by atoms with van der Waals surface area (Å²) in [5.41, 5.74) is 0.738. The molecule has 2 aromatic rings. The van der Waals surface area contributed by atoms with Crippen molar-refractivity contribution in [2.45, 2.75) is 13.0 Å². The lowest BCUT2D eigenvalue weighted by Crippen LogP contribution is -2.25. The van der Waals surface area contributed by atoms with Crippen LogP contribution in [0.25, 0.3) is 0 Å². The predicted octanol–water partition coefficient (Wildman–Crippen LogP) is 2.93. The van der Waals surface area contributed by atoms with Crippen molar-refractivity contribution in [1.29, 1.82) is 0 Å². The first-order valence-corrected chi connectivity index (χ1v) is 7.47. The van der Waals surface area contributed by atoms with Crippen LogP contribution in [0.1, 0.15) is 37.9 Å². The number of thiophene rings is 1. The monoisotopic (exact) mass is 334 g/mol. The molecule has 1 aromatic heterocycles. The summed E-state index contributed by atoms with van der Waals surface area (Å²) in [5, 5.41) is 13.4. The largest absolute Gasteiger partial charge is 0.465 e. The van der Waals surface area contributed by atoms with Crippen LogP contribution in [0.5, 0.6) is 0 Å². The van der Waals surface area contributed by atoms with Gasteiger partial charge in [-0.05, 0) is 24.6 Å². The molecule has 0 radical (unpaired) electrons. The van der Waals surface area contributed by atoms with E-state index in [1.807, 2.05) is 0 Å². The van der Waals surface area contributed by atoms with E-state index in [0.29, 0.717) is 9.75 Å². The van der Waals surface area contributed by atoms with Gasteiger partial charge in [-0.1, -0.05) is 12.1 Å². The second-order valence-corrected chi connectivity index (χ2v) is 5.78. The number of nitro groups is 1. The first-order valence-electron chi connectivity index (χ1n) is 6.65. The van der Waals surface area contributed by atoms with E-state index in [2.05, 4.69) is 10.1 Å². The molecule has 0 fully saturated rings. The quantitative estimate of drug-likeness (QED) is 0.515. The minimum absolute atomic E-state index is 0.00625. The zero-order chi connectivity index (χ0) is 17.0. The second-order valence-electron chi connectivity index (χ2n) is 4.70. The Hall–Kier alpha value is -2.74. The number of esters is 1. The van der Waals surface area contributed by atoms with E-state index in [9.17, 15) is 19.7 Å². The molecule has 1 N–H and O–H groups in total. The Labute approximate surface area is 136 Å². The number of nitrogens with one attached hydrogen (secondary N) is 1. The van der Waals surface area contributed by atoms with Crippen LogP contribution in [0.15, 0.2) is 36.4 Å². The Bertz CT molecular complexity index is 739. The lowest BCUT2D eigenvalue weighted by atomic mass is 10.1. The second kappa shape index (κ2) is 7.01. The van der Waals surface area contributed by atoms with Gasteiger partial charge in [0.05, 0.1) is 23.0 Å². The molecule has 1 unspecified atom stereocenters. The summed E-state index contributed by atoms with van der Waals surface area (Å²) in [6.45, 7) is 1.77. The molecule has 1 aromatic carbocycles. The van der Waals surface area contributed by atoms with Crippen LogP contribution < -0.4 is 5.32 Å². The molecule has 2 rings (SSSR count). The number of nitro benzene ring substituents is 1. The van der Waals surface area contributed by atoms with Crippen LogP contribution >= 0.6 is 11.3 Å². The number of carbonyl (C=O) groups excluding carboxylic acids is 2. The number of carbonyl (C=O) groups is 2. The van der Waals surface area contributed by atoms with Crippen LogP contribution in [0.4, 0.5) is 5.69 Å². The fourth-order valence-electron chi connectivity index (χ4n) is 1.91. The summed E-state index contributed by atoms with van der Waals surface area (Å²) in [4.78, 5) is 34.4. The van der Waals surface area contributed by atoms with E-state index in [1.54, 1.807) is 25.1 Å². The number of methoxy groups -OCH3 is 1. The van der Waals surface area contributed by atoms with Gasteiger partial charge in [-0.2, -0.15) is 0 Å². The Kier molecular flexibility index (Phi) is 5.07. The van der Waals surface area contributed by atoms with Crippen molar-refractivity contribution in [3.05, 3.63) is 61.8 Å². The molecule has 0 aliphatic heterocycles. The Balaban J connectivity index is 2.05. The zero-order valence-electron chi connectivity index (χ0n) is 12.4. The number of benzene rings is 1. The minimum atomic E-state index is -0.488. The van der Waals surface area contributed by atoms with Gasteiger partial charge < -0.3 is 10.1 Å². The lowest BCUT2D eigenvalue weighted by Gasteiger charge is -2.13. The Morgan fingerprint density at radius 1 is 1.17 bits per heavy atom. The van der Waals surface area contributed by atoms with Crippen LogP contribution in [-0.2, 0) is 4.74 Å². The van der Waals surface area contributed by atoms with E-state index in [4.69, 9.17) is 0 Å². The molecule has 0 aliphatic rings. The van der Waals surface area contributed by atoms with Gasteiger partial charge >= 0.3 is 5.97 Å². The number of nitrogens with zero attached hydrogens (tertiary/aromatic N) is 1. The van der Waals surface area contributed by atoms with Gasteiger partial charge in [-0.15, -0.1) is 11.3 Å². The van der Waals surface area contributed by atoms with E-state index in [-0.39, 0.29) is 17.6 Å². The predicted molar refractivity (Wildman–Crippen MR) is 84.6 cm³/mol. The molecular formula is C15H14N2O5S. The first-order chi connectivity index (χ1) is 10.9. The van der Waals surface area contributed by atoms with Crippen molar-refractivity contribution in [3.63, 3.8) is 0 Å². The maximum Gasteiger partial charge on any atom is 0.348 e. The standard InChI is InChI=1S/C15H14N2O5S/c1-9(10-3-5-11(6-4-10)17(20)21)16-14(18)12-7-8-13(23-12)15(19)22-2/h3-9H,1-2H3,(H,16,18). The third-order valence-electron chi connectivity index (χ3n) is 3.17. The van der Waals surface area contributed by atoms with E-state index < -0.39 is 10.9 Å². The fourth-order valence-corrected chi connectivity index (χ4v) is 2.73. The fraction of sp³-hybridized carbons (Fsp3) is 0.200. The molecule has 1 atom stereocenters. The van der Waals surface area contributed by atoms with Gasteiger partial charge in [0.15, 0.2) is 0 Å². The number of ether oxygens (including phenoxy) is 1. The molecule has 120 valence electrons. The maximum absolute atomic E-state index is 12.2. The summed E-state index contributed by atoms with van der Waals surface area (Å²) in [6, 6.07) is 8.72. The Morgan fingerprint density at radius 3 is 2.35 bits per heavy atom. The van der Waals surface area contributed by atoms with Crippen molar-refractivity contribution in [2.24, 2.45) is 0 Å². The van der Waals surface area contributed by atoms with Crippen molar-refractivity contribution in [2.75, 3.05) is 7.11 Å². The van der Waals surface area contributed by atoms with E-state index >= 15 is 0 Å². The van der Waals surface area contributed by atoms with Crippen molar-refractivity contribution < 1.29 is 19.2 Å². The van der Waals surface area contributed by atoms with Gasteiger partial charge in [0.1, 0.15) is 4.88 Å². The molecule has 0 saturated carbocycles. The highest BCUT2D eigenvalue weighted by Crippen LogP contribution is 2.20. The number of rotatable bonds is 5. The number of hydrogen-bond acceptors (Lipinski definition) is 6. The smallest absolute Gasteiger partial charge is 0.348 e. The molecule has 0 bridgehead atoms. The molecule has 1 amide bonds. The zero-order valence-corrected chi connectivity index (χ0v) is 13.3. The number of amides is 1. The maximum atomic E-state index is 12.2. The summed E-state index contributed by atoms with van der Waals surface area (Å²) in [6.07, 6.45) is 0. The van der Waals surface area contributed by atoms with Crippen LogP contribution in [-0.4, -0.2) is 23.9 Å². The highest BCUT2D eigenvalue weighted by atomic mass is 32.1. The first kappa shape index (κ1) is 16.6. The summed E-state index contributed by atoms with van der Waals surface area (Å²) in [5.74, 6) is -0.812. The van der Waals surface area contributed by atoms with Crippen molar-refractivity contribution in [3.8, 4) is 0 Å². The normalized spacial score (nSPS) is 11.6. The van der Waals surface area contributed by atoms with Crippen LogP contribution in [0.2, 0.25) is 0 Å². The molecule has 1 heterocycles. The number of hydrogen-bond donors (Lipinski definition) is 1. The van der Waals surface area contributed by atoms with E-state index in [0.717, 1.165) is 16.9 Å². The molecular weight excluding hydrogens is 320 g/mol. The molecule has 7 nitrogen and oxygen atoms in total. The third kappa shape index (κ3) is 3.92. The lowest BCUT2D eigenvalue weighted by molar-refractivity contribution is -0.384. The van der Waals surface area contributed by atoms with Gasteiger partial charge in [0, 0.05) is 12.1 Å². The number of non-ortho nitro benzene ring substituents is 1. The molecule has 8 heteroatoms. The highest BCUT2D eigenvalue weighted by molar-refractivity contribution is 7.15. The molecule has 23 heavy (non-hydrogen) atoms. The average molecular weight is 334 g/mol. The van der Waals surface area contributed by atoms with Gasteiger partial charge in [-0.3, -0.25) is 14.9 Å². The van der Waals surface area contributed by atoms with Gasteiger partial charge in [-0.25, -0.2) is 4.79 Å². The van der Waals surface area contributed by atoms with Gasteiger partial charge in [0.25, 0.3) is 11.6 Å². The van der Waals surface area contributed by atoms with Crippen LogP contribution in [0.3, 0.4) is 0 Å².